The van der Waals surface area contributed by atoms with E-state index in [1.807, 2.05) is 0 Å². The number of aliphatic hydroxyl groups is 1. The molecule has 0 aromatic carbocycles. The zero-order chi connectivity index (χ0) is 10.6. The van der Waals surface area contributed by atoms with Gasteiger partial charge in [0.1, 0.15) is 5.54 Å². The summed E-state index contributed by atoms with van der Waals surface area (Å²) in [6.07, 6.45) is 1.44. The minimum atomic E-state index is -0.812. The SMILES string of the molecule is CC(C)(CO)N1C(=O)NC2(CC2)C1=O. The molecule has 2 N–H and O–H groups in total. The molecule has 1 saturated heterocycles. The minimum Gasteiger partial charge on any atom is -0.394 e. The van der Waals surface area contributed by atoms with E-state index in [2.05, 4.69) is 5.32 Å². The van der Waals surface area contributed by atoms with E-state index in [1.165, 1.54) is 0 Å². The molecular formula is C9H14N2O3. The molecule has 1 aliphatic heterocycles. The first kappa shape index (κ1) is 9.45. The Bertz CT molecular complexity index is 307. The van der Waals surface area contributed by atoms with Crippen LogP contribution in [-0.4, -0.2) is 39.6 Å². The van der Waals surface area contributed by atoms with E-state index in [0.717, 1.165) is 17.7 Å². The zero-order valence-corrected chi connectivity index (χ0v) is 8.33. The molecule has 0 atom stereocenters. The summed E-state index contributed by atoms with van der Waals surface area (Å²) in [5, 5.41) is 11.8. The Labute approximate surface area is 82.1 Å². The fourth-order valence-electron chi connectivity index (χ4n) is 1.70. The lowest BCUT2D eigenvalue weighted by Gasteiger charge is -2.30. The Hall–Kier alpha value is -1.10. The molecule has 14 heavy (non-hydrogen) atoms. The van der Waals surface area contributed by atoms with Crippen molar-refractivity contribution in [1.82, 2.24) is 10.2 Å². The number of rotatable bonds is 2. The van der Waals surface area contributed by atoms with E-state index >= 15 is 0 Å². The molecule has 1 spiro atoms. The van der Waals surface area contributed by atoms with Crippen LogP contribution in [0.15, 0.2) is 0 Å². The largest absolute Gasteiger partial charge is 0.394 e. The number of aliphatic hydroxyl groups excluding tert-OH is 1. The van der Waals surface area contributed by atoms with Crippen LogP contribution in [0.4, 0.5) is 4.79 Å². The summed E-state index contributed by atoms with van der Waals surface area (Å²) < 4.78 is 0. The molecule has 1 heterocycles. The lowest BCUT2D eigenvalue weighted by Crippen LogP contribution is -2.50. The highest BCUT2D eigenvalue weighted by molar-refractivity contribution is 6.09. The van der Waals surface area contributed by atoms with Crippen LogP contribution < -0.4 is 5.32 Å². The molecule has 0 unspecified atom stereocenters. The first-order valence-corrected chi connectivity index (χ1v) is 4.71. The van der Waals surface area contributed by atoms with Crippen molar-refractivity contribution >= 4 is 11.9 Å². The van der Waals surface area contributed by atoms with Gasteiger partial charge in [0.2, 0.25) is 0 Å². The predicted molar refractivity (Wildman–Crippen MR) is 48.5 cm³/mol. The number of imide groups is 1. The molecule has 2 aliphatic rings. The monoisotopic (exact) mass is 198 g/mol. The Balaban J connectivity index is 2.28. The van der Waals surface area contributed by atoms with Crippen molar-refractivity contribution in [1.29, 1.82) is 0 Å². The van der Waals surface area contributed by atoms with Gasteiger partial charge in [0.25, 0.3) is 5.91 Å². The minimum absolute atomic E-state index is 0.193. The van der Waals surface area contributed by atoms with Crippen LogP contribution in [0.5, 0.6) is 0 Å². The topological polar surface area (TPSA) is 69.6 Å². The van der Waals surface area contributed by atoms with Gasteiger partial charge in [0.15, 0.2) is 0 Å². The number of hydrogen-bond donors (Lipinski definition) is 2. The molecule has 78 valence electrons. The third-order valence-electron chi connectivity index (χ3n) is 2.90. The number of hydrogen-bond acceptors (Lipinski definition) is 3. The van der Waals surface area contributed by atoms with Crippen molar-refractivity contribution in [3.63, 3.8) is 0 Å². The fourth-order valence-corrected chi connectivity index (χ4v) is 1.70. The van der Waals surface area contributed by atoms with Crippen molar-refractivity contribution < 1.29 is 14.7 Å². The number of urea groups is 1. The summed E-state index contributed by atoms with van der Waals surface area (Å²) >= 11 is 0. The van der Waals surface area contributed by atoms with Crippen LogP contribution in [0.25, 0.3) is 0 Å². The molecular weight excluding hydrogens is 184 g/mol. The predicted octanol–water partition coefficient (Wildman–Crippen LogP) is -0.158. The molecule has 2 fully saturated rings. The van der Waals surface area contributed by atoms with E-state index in [9.17, 15) is 9.59 Å². The molecule has 1 saturated carbocycles. The summed E-state index contributed by atoms with van der Waals surface area (Å²) in [5.74, 6) is -0.193. The first-order chi connectivity index (χ1) is 6.43. The number of amides is 3. The van der Waals surface area contributed by atoms with Gasteiger partial charge in [-0.05, 0) is 26.7 Å². The van der Waals surface area contributed by atoms with Crippen LogP contribution >= 0.6 is 0 Å². The van der Waals surface area contributed by atoms with Gasteiger partial charge in [-0.3, -0.25) is 9.69 Å². The second-order valence-corrected chi connectivity index (χ2v) is 4.62. The molecule has 0 aromatic rings. The average Bonchev–Trinajstić information content (AvgIpc) is 2.80. The van der Waals surface area contributed by atoms with E-state index in [-0.39, 0.29) is 18.5 Å². The van der Waals surface area contributed by atoms with Crippen molar-refractivity contribution in [2.45, 2.75) is 37.8 Å². The zero-order valence-electron chi connectivity index (χ0n) is 8.33. The summed E-state index contributed by atoms with van der Waals surface area (Å²) in [6, 6.07) is -0.383. The van der Waals surface area contributed by atoms with E-state index < -0.39 is 11.1 Å². The molecule has 1 aliphatic carbocycles. The summed E-state index contributed by atoms with van der Waals surface area (Å²) in [5.41, 5.74) is -1.43. The summed E-state index contributed by atoms with van der Waals surface area (Å²) in [6.45, 7) is 3.12. The van der Waals surface area contributed by atoms with Gasteiger partial charge in [0, 0.05) is 0 Å². The number of carbonyl (C=O) groups excluding carboxylic acids is 2. The third kappa shape index (κ3) is 1.05. The lowest BCUT2D eigenvalue weighted by molar-refractivity contribution is -0.132. The maximum atomic E-state index is 11.8. The number of nitrogens with zero attached hydrogens (tertiary/aromatic N) is 1. The third-order valence-corrected chi connectivity index (χ3v) is 2.90. The molecule has 5 heteroatoms. The van der Waals surface area contributed by atoms with Gasteiger partial charge in [-0.25, -0.2) is 4.79 Å². The Morgan fingerprint density at radius 2 is 2.07 bits per heavy atom. The highest BCUT2D eigenvalue weighted by atomic mass is 16.3. The highest BCUT2D eigenvalue weighted by Gasteiger charge is 2.61. The van der Waals surface area contributed by atoms with Crippen LogP contribution in [0.1, 0.15) is 26.7 Å². The molecule has 3 amide bonds. The van der Waals surface area contributed by atoms with Crippen molar-refractivity contribution in [3.8, 4) is 0 Å². The van der Waals surface area contributed by atoms with Gasteiger partial charge >= 0.3 is 6.03 Å². The van der Waals surface area contributed by atoms with E-state index in [0.29, 0.717) is 0 Å². The smallest absolute Gasteiger partial charge is 0.325 e. The lowest BCUT2D eigenvalue weighted by atomic mass is 10.0. The summed E-state index contributed by atoms with van der Waals surface area (Å²) in [7, 11) is 0. The Morgan fingerprint density at radius 3 is 2.43 bits per heavy atom. The van der Waals surface area contributed by atoms with E-state index in [1.54, 1.807) is 13.8 Å². The molecule has 5 nitrogen and oxygen atoms in total. The Kier molecular flexibility index (Phi) is 1.67. The molecule has 0 bridgehead atoms. The summed E-state index contributed by atoms with van der Waals surface area (Å²) in [4.78, 5) is 24.5. The van der Waals surface area contributed by atoms with Crippen LogP contribution in [0.3, 0.4) is 0 Å². The number of carbonyl (C=O) groups is 2. The van der Waals surface area contributed by atoms with Crippen molar-refractivity contribution in [2.24, 2.45) is 0 Å². The maximum Gasteiger partial charge on any atom is 0.325 e. The van der Waals surface area contributed by atoms with Crippen LogP contribution in [-0.2, 0) is 4.79 Å². The quantitative estimate of drug-likeness (QED) is 0.606. The van der Waals surface area contributed by atoms with Crippen molar-refractivity contribution in [3.05, 3.63) is 0 Å². The Morgan fingerprint density at radius 1 is 1.50 bits per heavy atom. The standard InChI is InChI=1S/C9H14N2O3/c1-8(2,5-12)11-6(13)9(3-4-9)10-7(11)14/h12H,3-5H2,1-2H3,(H,10,14). The van der Waals surface area contributed by atoms with Crippen molar-refractivity contribution in [2.75, 3.05) is 6.61 Å². The van der Waals surface area contributed by atoms with Crippen LogP contribution in [0, 0.1) is 0 Å². The van der Waals surface area contributed by atoms with Gasteiger partial charge in [0.05, 0.1) is 12.1 Å². The average molecular weight is 198 g/mol. The number of nitrogens with one attached hydrogen (secondary N) is 1. The van der Waals surface area contributed by atoms with Gasteiger partial charge < -0.3 is 10.4 Å². The highest BCUT2D eigenvalue weighted by Crippen LogP contribution is 2.42. The van der Waals surface area contributed by atoms with E-state index in [4.69, 9.17) is 5.11 Å². The maximum absolute atomic E-state index is 11.8. The second-order valence-electron chi connectivity index (χ2n) is 4.62. The second kappa shape index (κ2) is 2.48. The molecule has 0 aromatic heterocycles. The normalized spacial score (nSPS) is 24.4. The fraction of sp³-hybridized carbons (Fsp3) is 0.778. The van der Waals surface area contributed by atoms with Gasteiger partial charge in [-0.1, -0.05) is 0 Å². The molecule has 2 rings (SSSR count). The van der Waals surface area contributed by atoms with Gasteiger partial charge in [-0.15, -0.1) is 0 Å². The van der Waals surface area contributed by atoms with Gasteiger partial charge in [-0.2, -0.15) is 0 Å². The van der Waals surface area contributed by atoms with Crippen LogP contribution in [0.2, 0.25) is 0 Å². The molecule has 0 radical (unpaired) electrons. The first-order valence-electron chi connectivity index (χ1n) is 4.71.